The molecule has 1 N–H and O–H groups in total. The molecular weight excluding hydrogens is 164 g/mol. The van der Waals surface area contributed by atoms with Crippen LogP contribution in [0.3, 0.4) is 0 Å². The molecule has 0 radical (unpaired) electrons. The minimum atomic E-state index is -0.719. The fourth-order valence-electron chi connectivity index (χ4n) is 0.920. The summed E-state index contributed by atoms with van der Waals surface area (Å²) in [7, 11) is 0. The van der Waals surface area contributed by atoms with E-state index in [2.05, 4.69) is 35.6 Å². The number of hydrogen-bond acceptors (Lipinski definition) is 4. The highest BCUT2D eigenvalue weighted by Gasteiger charge is 2.20. The maximum absolute atomic E-state index is 4.16. The summed E-state index contributed by atoms with van der Waals surface area (Å²) in [6, 6.07) is 0. The minimum absolute atomic E-state index is 0.719. The second-order valence-electron chi connectivity index (χ2n) is 2.34. The topological polar surface area (TPSA) is 24.4 Å². The number of rotatable bonds is 0. The zero-order valence-corrected chi connectivity index (χ0v) is 7.71. The summed E-state index contributed by atoms with van der Waals surface area (Å²) in [5, 5.41) is 2.99. The number of hydrogen-bond donors (Lipinski definition) is 3. The SMILES string of the molecule is CC1=CC(C)=NC(S)(S)N1. The lowest BCUT2D eigenvalue weighted by molar-refractivity contribution is 0.722. The van der Waals surface area contributed by atoms with Crippen molar-refractivity contribution in [1.29, 1.82) is 0 Å². The number of nitrogens with one attached hydrogen (secondary N) is 1. The van der Waals surface area contributed by atoms with Crippen LogP contribution in [0.4, 0.5) is 0 Å². The molecule has 56 valence electrons. The molecule has 0 aromatic heterocycles. The number of allylic oxidation sites excluding steroid dienone is 2. The van der Waals surface area contributed by atoms with Gasteiger partial charge < -0.3 is 5.32 Å². The van der Waals surface area contributed by atoms with E-state index in [0.29, 0.717) is 0 Å². The Kier molecular flexibility index (Phi) is 2.01. The number of thiol groups is 2. The Balaban J connectivity index is 2.88. The Morgan fingerprint density at radius 2 is 2.10 bits per heavy atom. The summed E-state index contributed by atoms with van der Waals surface area (Å²) in [6.45, 7) is 3.88. The third kappa shape index (κ3) is 1.95. The summed E-state index contributed by atoms with van der Waals surface area (Å²) >= 11 is 8.32. The molecule has 1 rings (SSSR count). The highest BCUT2D eigenvalue weighted by atomic mass is 32.2. The van der Waals surface area contributed by atoms with Crippen LogP contribution in [0.15, 0.2) is 16.8 Å². The summed E-state index contributed by atoms with van der Waals surface area (Å²) in [4.78, 5) is 4.12. The summed E-state index contributed by atoms with van der Waals surface area (Å²) < 4.78 is -0.719. The normalized spacial score (nSPS) is 22.8. The molecular formula is C6H10N2S2. The van der Waals surface area contributed by atoms with Crippen molar-refractivity contribution < 1.29 is 0 Å². The quantitative estimate of drug-likeness (QED) is 0.375. The van der Waals surface area contributed by atoms with Crippen LogP contribution in [-0.2, 0) is 0 Å². The predicted octanol–water partition coefficient (Wildman–Crippen LogP) is 1.43. The molecule has 0 fully saturated rings. The van der Waals surface area contributed by atoms with Crippen LogP contribution in [0.5, 0.6) is 0 Å². The largest absolute Gasteiger partial charge is 0.348 e. The van der Waals surface area contributed by atoms with Gasteiger partial charge in [0.05, 0.1) is 0 Å². The maximum Gasteiger partial charge on any atom is 0.220 e. The van der Waals surface area contributed by atoms with Gasteiger partial charge in [-0.05, 0) is 19.9 Å². The smallest absolute Gasteiger partial charge is 0.220 e. The molecule has 0 aliphatic carbocycles. The molecule has 0 bridgehead atoms. The Morgan fingerprint density at radius 3 is 2.50 bits per heavy atom. The molecule has 0 amide bonds. The zero-order chi connectivity index (χ0) is 7.78. The molecule has 10 heavy (non-hydrogen) atoms. The first-order valence-electron chi connectivity index (χ1n) is 2.97. The molecule has 0 spiro atoms. The Bertz CT molecular complexity index is 206. The van der Waals surface area contributed by atoms with E-state index in [1.54, 1.807) is 0 Å². The third-order valence-electron chi connectivity index (χ3n) is 1.12. The first-order chi connectivity index (χ1) is 4.49. The van der Waals surface area contributed by atoms with Gasteiger partial charge in [-0.1, -0.05) is 0 Å². The van der Waals surface area contributed by atoms with Crippen molar-refractivity contribution in [1.82, 2.24) is 5.32 Å². The van der Waals surface area contributed by atoms with Crippen LogP contribution in [0.2, 0.25) is 0 Å². The average molecular weight is 174 g/mol. The van der Waals surface area contributed by atoms with Crippen LogP contribution in [0, 0.1) is 0 Å². The first-order valence-corrected chi connectivity index (χ1v) is 3.87. The molecule has 0 atom stereocenters. The van der Waals surface area contributed by atoms with Crippen molar-refractivity contribution in [3.05, 3.63) is 11.8 Å². The lowest BCUT2D eigenvalue weighted by atomic mass is 10.3. The van der Waals surface area contributed by atoms with Gasteiger partial charge >= 0.3 is 0 Å². The van der Waals surface area contributed by atoms with Crippen molar-refractivity contribution in [3.8, 4) is 0 Å². The van der Waals surface area contributed by atoms with Crippen LogP contribution in [0.1, 0.15) is 13.8 Å². The Hall–Kier alpha value is -0.0900. The van der Waals surface area contributed by atoms with Gasteiger partial charge in [-0.15, -0.1) is 25.3 Å². The molecule has 0 saturated heterocycles. The summed E-state index contributed by atoms with van der Waals surface area (Å²) in [5.74, 6) is 0. The Morgan fingerprint density at radius 1 is 1.50 bits per heavy atom. The molecule has 4 heteroatoms. The van der Waals surface area contributed by atoms with Crippen molar-refractivity contribution in [3.63, 3.8) is 0 Å². The van der Waals surface area contributed by atoms with E-state index in [0.717, 1.165) is 11.4 Å². The van der Waals surface area contributed by atoms with Gasteiger partial charge in [-0.3, -0.25) is 0 Å². The van der Waals surface area contributed by atoms with E-state index in [1.165, 1.54) is 0 Å². The van der Waals surface area contributed by atoms with Crippen LogP contribution in [-0.4, -0.2) is 10.0 Å². The predicted molar refractivity (Wildman–Crippen MR) is 50.7 cm³/mol. The average Bonchev–Trinajstić information content (AvgIpc) is 1.54. The first kappa shape index (κ1) is 8.01. The number of nitrogens with zero attached hydrogens (tertiary/aromatic N) is 1. The van der Waals surface area contributed by atoms with Gasteiger partial charge in [0.15, 0.2) is 0 Å². The van der Waals surface area contributed by atoms with Gasteiger partial charge in [0.25, 0.3) is 0 Å². The van der Waals surface area contributed by atoms with E-state index >= 15 is 0 Å². The fourth-order valence-corrected chi connectivity index (χ4v) is 1.59. The van der Waals surface area contributed by atoms with E-state index in [9.17, 15) is 0 Å². The van der Waals surface area contributed by atoms with Crippen molar-refractivity contribution in [2.75, 3.05) is 0 Å². The maximum atomic E-state index is 4.16. The van der Waals surface area contributed by atoms with Gasteiger partial charge in [0, 0.05) is 11.4 Å². The molecule has 0 aromatic rings. The van der Waals surface area contributed by atoms with Crippen molar-refractivity contribution >= 4 is 31.0 Å². The van der Waals surface area contributed by atoms with Gasteiger partial charge in [-0.2, -0.15) is 0 Å². The third-order valence-corrected chi connectivity index (χ3v) is 1.55. The molecule has 1 heterocycles. The molecule has 1 aliphatic rings. The van der Waals surface area contributed by atoms with E-state index < -0.39 is 4.33 Å². The van der Waals surface area contributed by atoms with Gasteiger partial charge in [0.1, 0.15) is 0 Å². The minimum Gasteiger partial charge on any atom is -0.348 e. The lowest BCUT2D eigenvalue weighted by Crippen LogP contribution is -2.34. The van der Waals surface area contributed by atoms with Crippen molar-refractivity contribution in [2.24, 2.45) is 4.99 Å². The van der Waals surface area contributed by atoms with E-state index in [-0.39, 0.29) is 0 Å². The Labute approximate surface area is 71.6 Å². The van der Waals surface area contributed by atoms with Gasteiger partial charge in [0.2, 0.25) is 4.33 Å². The van der Waals surface area contributed by atoms with Gasteiger partial charge in [-0.25, -0.2) is 4.99 Å². The van der Waals surface area contributed by atoms with E-state index in [1.807, 2.05) is 19.9 Å². The van der Waals surface area contributed by atoms with E-state index in [4.69, 9.17) is 0 Å². The second kappa shape index (κ2) is 2.51. The molecule has 2 nitrogen and oxygen atoms in total. The molecule has 0 saturated carbocycles. The van der Waals surface area contributed by atoms with Crippen LogP contribution >= 0.6 is 25.3 Å². The highest BCUT2D eigenvalue weighted by Crippen LogP contribution is 2.22. The van der Waals surface area contributed by atoms with Crippen LogP contribution in [0.25, 0.3) is 0 Å². The molecule has 1 aliphatic heterocycles. The summed E-state index contributed by atoms with van der Waals surface area (Å²) in [5.41, 5.74) is 1.98. The van der Waals surface area contributed by atoms with Crippen molar-refractivity contribution in [2.45, 2.75) is 18.2 Å². The summed E-state index contributed by atoms with van der Waals surface area (Å²) in [6.07, 6.45) is 1.95. The molecule has 0 aromatic carbocycles. The zero-order valence-electron chi connectivity index (χ0n) is 5.92. The highest BCUT2D eigenvalue weighted by molar-refractivity contribution is 8.00. The lowest BCUT2D eigenvalue weighted by Gasteiger charge is -2.25. The second-order valence-corrected chi connectivity index (χ2v) is 3.99. The monoisotopic (exact) mass is 174 g/mol. The standard InChI is InChI=1S/C6H10N2S2/c1-4-3-5(2)8-6(9,10)7-4/h3,7,9-10H,1-2H3. The fraction of sp³-hybridized carbons (Fsp3) is 0.500. The van der Waals surface area contributed by atoms with Crippen LogP contribution < -0.4 is 5.32 Å². The molecule has 0 unspecified atom stereocenters. The number of aliphatic imine (C=N–C) groups is 1.